The molecule has 0 atom stereocenters. The van der Waals surface area contributed by atoms with E-state index in [1.54, 1.807) is 17.8 Å². The van der Waals surface area contributed by atoms with Crippen LogP contribution in [-0.4, -0.2) is 12.5 Å². The van der Waals surface area contributed by atoms with Crippen molar-refractivity contribution in [3.63, 3.8) is 0 Å². The van der Waals surface area contributed by atoms with Crippen LogP contribution in [0.2, 0.25) is 0 Å². The maximum atomic E-state index is 11.3. The van der Waals surface area contributed by atoms with Gasteiger partial charge in [-0.2, -0.15) is 0 Å². The van der Waals surface area contributed by atoms with Crippen LogP contribution < -0.4 is 15.8 Å². The molecular formula is C15H14N2O2S. The molecule has 0 saturated carbocycles. The first-order chi connectivity index (χ1) is 9.72. The van der Waals surface area contributed by atoms with E-state index < -0.39 is 0 Å². The zero-order valence-corrected chi connectivity index (χ0v) is 11.6. The van der Waals surface area contributed by atoms with Gasteiger partial charge in [-0.15, -0.1) is 11.8 Å². The highest BCUT2D eigenvalue weighted by atomic mass is 32.2. The van der Waals surface area contributed by atoms with E-state index in [9.17, 15) is 4.79 Å². The summed E-state index contributed by atoms with van der Waals surface area (Å²) in [5.74, 6) is 1.32. The minimum absolute atomic E-state index is 0.0446. The van der Waals surface area contributed by atoms with Crippen LogP contribution in [0.3, 0.4) is 0 Å². The van der Waals surface area contributed by atoms with Crippen molar-refractivity contribution in [2.75, 3.05) is 17.7 Å². The van der Waals surface area contributed by atoms with Crippen LogP contribution in [0.1, 0.15) is 5.56 Å². The third-order valence-electron chi connectivity index (χ3n) is 2.98. The number of anilines is 2. The molecular weight excluding hydrogens is 272 g/mol. The summed E-state index contributed by atoms with van der Waals surface area (Å²) in [6, 6.07) is 13.8. The van der Waals surface area contributed by atoms with E-state index in [2.05, 4.69) is 17.4 Å². The van der Waals surface area contributed by atoms with Crippen LogP contribution in [0.5, 0.6) is 5.75 Å². The molecule has 1 amide bonds. The van der Waals surface area contributed by atoms with E-state index in [1.807, 2.05) is 24.3 Å². The summed E-state index contributed by atoms with van der Waals surface area (Å²) in [6.45, 7) is 0.0446. The molecule has 0 unspecified atom stereocenters. The van der Waals surface area contributed by atoms with Crippen molar-refractivity contribution in [3.8, 4) is 5.75 Å². The number of benzene rings is 2. The number of carbonyl (C=O) groups excluding carboxylic acids is 1. The van der Waals surface area contributed by atoms with Crippen molar-refractivity contribution in [3.05, 3.63) is 48.0 Å². The number of hydrogen-bond donors (Lipinski definition) is 2. The molecule has 1 aliphatic rings. The molecule has 102 valence electrons. The standard InChI is InChI=1S/C15H14N2O2S/c16-11-6-13-12(17-15(18)8-19-13)7-14(11)20-9-10-4-2-1-3-5-10/h1-7H,8-9,16H2,(H,17,18). The Balaban J connectivity index is 1.80. The second kappa shape index (κ2) is 5.46. The SMILES string of the molecule is Nc1cc2c(cc1SCc1ccccc1)NC(=O)CO2. The molecule has 0 bridgehead atoms. The number of thioether (sulfide) groups is 1. The van der Waals surface area contributed by atoms with Gasteiger partial charge in [0, 0.05) is 22.4 Å². The molecule has 3 rings (SSSR count). The molecule has 2 aromatic rings. The Morgan fingerprint density at radius 2 is 2.05 bits per heavy atom. The Labute approximate surface area is 121 Å². The topological polar surface area (TPSA) is 64.3 Å². The summed E-state index contributed by atoms with van der Waals surface area (Å²) in [7, 11) is 0. The van der Waals surface area contributed by atoms with Crippen molar-refractivity contribution in [1.29, 1.82) is 0 Å². The zero-order valence-electron chi connectivity index (χ0n) is 10.8. The van der Waals surface area contributed by atoms with E-state index in [4.69, 9.17) is 10.5 Å². The maximum absolute atomic E-state index is 11.3. The monoisotopic (exact) mass is 286 g/mol. The molecule has 0 fully saturated rings. The predicted octanol–water partition coefficient (Wildman–Crippen LogP) is 2.89. The molecule has 0 spiro atoms. The highest BCUT2D eigenvalue weighted by molar-refractivity contribution is 7.98. The van der Waals surface area contributed by atoms with E-state index in [1.165, 1.54) is 5.56 Å². The first-order valence-electron chi connectivity index (χ1n) is 6.25. The highest BCUT2D eigenvalue weighted by Crippen LogP contribution is 2.37. The quantitative estimate of drug-likeness (QED) is 0.672. The average Bonchev–Trinajstić information content (AvgIpc) is 2.46. The predicted molar refractivity (Wildman–Crippen MR) is 81.0 cm³/mol. The van der Waals surface area contributed by atoms with Gasteiger partial charge in [0.15, 0.2) is 6.61 Å². The molecule has 0 aromatic heterocycles. The smallest absolute Gasteiger partial charge is 0.262 e. The molecule has 0 saturated heterocycles. The third kappa shape index (κ3) is 2.72. The highest BCUT2D eigenvalue weighted by Gasteiger charge is 2.17. The lowest BCUT2D eigenvalue weighted by Gasteiger charge is -2.19. The van der Waals surface area contributed by atoms with Crippen LogP contribution in [0, 0.1) is 0 Å². The first kappa shape index (κ1) is 12.9. The molecule has 0 radical (unpaired) electrons. The molecule has 1 heterocycles. The van der Waals surface area contributed by atoms with Crippen LogP contribution in [-0.2, 0) is 10.5 Å². The van der Waals surface area contributed by atoms with Crippen LogP contribution in [0.25, 0.3) is 0 Å². The molecule has 0 aliphatic carbocycles. The summed E-state index contributed by atoms with van der Waals surface area (Å²) < 4.78 is 5.33. The van der Waals surface area contributed by atoms with Crippen molar-refractivity contribution >= 4 is 29.0 Å². The summed E-state index contributed by atoms with van der Waals surface area (Å²) in [6.07, 6.45) is 0. The van der Waals surface area contributed by atoms with Crippen LogP contribution in [0.4, 0.5) is 11.4 Å². The number of amides is 1. The number of carbonyl (C=O) groups is 1. The second-order valence-corrected chi connectivity index (χ2v) is 5.51. The summed E-state index contributed by atoms with van der Waals surface area (Å²) in [4.78, 5) is 12.3. The van der Waals surface area contributed by atoms with Crippen molar-refractivity contribution in [1.82, 2.24) is 0 Å². The molecule has 2 aromatic carbocycles. The minimum Gasteiger partial charge on any atom is -0.482 e. The van der Waals surface area contributed by atoms with E-state index >= 15 is 0 Å². The fraction of sp³-hybridized carbons (Fsp3) is 0.133. The molecule has 1 aliphatic heterocycles. The van der Waals surface area contributed by atoms with Gasteiger partial charge in [-0.25, -0.2) is 0 Å². The largest absolute Gasteiger partial charge is 0.482 e. The van der Waals surface area contributed by atoms with Gasteiger partial charge >= 0.3 is 0 Å². The number of nitrogens with two attached hydrogens (primary N) is 1. The van der Waals surface area contributed by atoms with Crippen LogP contribution in [0.15, 0.2) is 47.4 Å². The second-order valence-electron chi connectivity index (χ2n) is 4.50. The van der Waals surface area contributed by atoms with Gasteiger partial charge in [0.25, 0.3) is 5.91 Å². The lowest BCUT2D eigenvalue weighted by molar-refractivity contribution is -0.118. The Morgan fingerprint density at radius 1 is 1.25 bits per heavy atom. The first-order valence-corrected chi connectivity index (χ1v) is 7.24. The van der Waals surface area contributed by atoms with E-state index in [0.29, 0.717) is 17.1 Å². The number of rotatable bonds is 3. The minimum atomic E-state index is -0.138. The normalized spacial score (nSPS) is 13.3. The number of ether oxygens (including phenoxy) is 1. The number of fused-ring (bicyclic) bond motifs is 1. The van der Waals surface area contributed by atoms with Gasteiger partial charge in [-0.1, -0.05) is 30.3 Å². The molecule has 20 heavy (non-hydrogen) atoms. The Kier molecular flexibility index (Phi) is 3.52. The number of nitrogens with one attached hydrogen (secondary N) is 1. The molecule has 5 heteroatoms. The Bertz CT molecular complexity index is 644. The summed E-state index contributed by atoms with van der Waals surface area (Å²) >= 11 is 1.64. The lowest BCUT2D eigenvalue weighted by Crippen LogP contribution is -2.25. The van der Waals surface area contributed by atoms with Crippen LogP contribution >= 0.6 is 11.8 Å². The van der Waals surface area contributed by atoms with E-state index in [0.717, 1.165) is 10.6 Å². The van der Waals surface area contributed by atoms with Gasteiger partial charge in [0.2, 0.25) is 0 Å². The average molecular weight is 286 g/mol. The van der Waals surface area contributed by atoms with Gasteiger partial charge in [-0.05, 0) is 11.6 Å². The molecule has 3 N–H and O–H groups in total. The van der Waals surface area contributed by atoms with E-state index in [-0.39, 0.29) is 12.5 Å². The van der Waals surface area contributed by atoms with Gasteiger partial charge in [-0.3, -0.25) is 4.79 Å². The Hall–Kier alpha value is -2.14. The fourth-order valence-electron chi connectivity index (χ4n) is 1.98. The van der Waals surface area contributed by atoms with Crippen molar-refractivity contribution < 1.29 is 9.53 Å². The number of nitrogen functional groups attached to an aromatic ring is 1. The third-order valence-corrected chi connectivity index (χ3v) is 4.12. The fourth-order valence-corrected chi connectivity index (χ4v) is 2.92. The van der Waals surface area contributed by atoms with Crippen molar-refractivity contribution in [2.24, 2.45) is 0 Å². The maximum Gasteiger partial charge on any atom is 0.262 e. The summed E-state index contributed by atoms with van der Waals surface area (Å²) in [5, 5.41) is 2.79. The molecule has 4 nitrogen and oxygen atoms in total. The van der Waals surface area contributed by atoms with Gasteiger partial charge in [0.05, 0.1) is 5.69 Å². The van der Waals surface area contributed by atoms with Gasteiger partial charge in [0.1, 0.15) is 5.75 Å². The zero-order chi connectivity index (χ0) is 13.9. The van der Waals surface area contributed by atoms with Crippen molar-refractivity contribution in [2.45, 2.75) is 10.6 Å². The Morgan fingerprint density at radius 3 is 2.85 bits per heavy atom. The number of hydrogen-bond acceptors (Lipinski definition) is 4. The summed E-state index contributed by atoms with van der Waals surface area (Å²) in [5.41, 5.74) is 8.61. The van der Waals surface area contributed by atoms with Gasteiger partial charge < -0.3 is 15.8 Å². The lowest BCUT2D eigenvalue weighted by atomic mass is 10.2.